The van der Waals surface area contributed by atoms with Crippen molar-refractivity contribution < 1.29 is 14.3 Å². The number of amides is 1. The van der Waals surface area contributed by atoms with Crippen LogP contribution in [-0.2, 0) is 5.54 Å². The van der Waals surface area contributed by atoms with E-state index in [4.69, 9.17) is 21.1 Å². The zero-order valence-electron chi connectivity index (χ0n) is 16.6. The van der Waals surface area contributed by atoms with Gasteiger partial charge in [-0.2, -0.15) is 0 Å². The van der Waals surface area contributed by atoms with Crippen molar-refractivity contribution in [1.82, 2.24) is 9.55 Å². The molecule has 1 atom stereocenters. The molecule has 1 unspecified atom stereocenters. The Labute approximate surface area is 187 Å². The standard InChI is InChI=1S/C22H19BrClN3O3/c1-12(2)26-19-18(25-21(26)23)20(28)27(15-8-9-16-17(10-15)30-11-29-16)22(19,3)13-4-6-14(24)7-5-13/h4-10,12H,11H2,1-3H3. The van der Waals surface area contributed by atoms with E-state index in [1.807, 2.05) is 49.4 Å². The third kappa shape index (κ3) is 2.61. The van der Waals surface area contributed by atoms with Crippen molar-refractivity contribution >= 4 is 39.1 Å². The number of hydrogen-bond donors (Lipinski definition) is 0. The molecule has 0 saturated carbocycles. The fraction of sp³-hybridized carbons (Fsp3) is 0.273. The molecule has 2 aliphatic rings. The van der Waals surface area contributed by atoms with Crippen LogP contribution in [-0.4, -0.2) is 22.3 Å². The van der Waals surface area contributed by atoms with Crippen LogP contribution >= 0.6 is 27.5 Å². The van der Waals surface area contributed by atoms with Crippen LogP contribution in [0.5, 0.6) is 11.5 Å². The van der Waals surface area contributed by atoms with Gasteiger partial charge in [0, 0.05) is 22.8 Å². The van der Waals surface area contributed by atoms with Crippen molar-refractivity contribution in [3.63, 3.8) is 0 Å². The number of imidazole rings is 1. The number of halogens is 2. The molecule has 30 heavy (non-hydrogen) atoms. The number of fused-ring (bicyclic) bond motifs is 2. The highest BCUT2D eigenvalue weighted by molar-refractivity contribution is 9.10. The normalized spacial score (nSPS) is 19.7. The molecule has 1 amide bonds. The van der Waals surface area contributed by atoms with Crippen LogP contribution in [0.4, 0.5) is 5.69 Å². The predicted molar refractivity (Wildman–Crippen MR) is 118 cm³/mol. The molecule has 3 aromatic rings. The van der Waals surface area contributed by atoms with Crippen molar-refractivity contribution in [3.05, 3.63) is 69.2 Å². The van der Waals surface area contributed by atoms with Crippen molar-refractivity contribution in [2.24, 2.45) is 0 Å². The first-order chi connectivity index (χ1) is 14.3. The molecule has 0 fully saturated rings. The van der Waals surface area contributed by atoms with Crippen molar-refractivity contribution in [2.75, 3.05) is 11.7 Å². The number of anilines is 1. The second-order valence-corrected chi connectivity index (χ2v) is 8.94. The maximum Gasteiger partial charge on any atom is 0.280 e. The number of carbonyl (C=O) groups excluding carboxylic acids is 1. The highest BCUT2D eigenvalue weighted by Gasteiger charge is 2.53. The second-order valence-electron chi connectivity index (χ2n) is 7.80. The second kappa shape index (κ2) is 6.75. The number of ether oxygens (including phenoxy) is 2. The largest absolute Gasteiger partial charge is 0.454 e. The Morgan fingerprint density at radius 1 is 1.13 bits per heavy atom. The molecule has 2 aromatic carbocycles. The Hall–Kier alpha value is -2.51. The molecule has 6 nitrogen and oxygen atoms in total. The smallest absolute Gasteiger partial charge is 0.280 e. The Kier molecular flexibility index (Phi) is 4.38. The van der Waals surface area contributed by atoms with Crippen LogP contribution in [0.25, 0.3) is 0 Å². The van der Waals surface area contributed by atoms with Gasteiger partial charge in [-0.3, -0.25) is 9.69 Å². The molecule has 0 N–H and O–H groups in total. The summed E-state index contributed by atoms with van der Waals surface area (Å²) in [5.74, 6) is 1.13. The molecule has 0 radical (unpaired) electrons. The van der Waals surface area contributed by atoms with E-state index in [2.05, 4.69) is 39.3 Å². The van der Waals surface area contributed by atoms with Gasteiger partial charge in [0.15, 0.2) is 21.9 Å². The maximum atomic E-state index is 13.7. The summed E-state index contributed by atoms with van der Waals surface area (Å²) in [6.07, 6.45) is 0. The van der Waals surface area contributed by atoms with Gasteiger partial charge in [-0.25, -0.2) is 4.98 Å². The van der Waals surface area contributed by atoms with Crippen molar-refractivity contribution in [2.45, 2.75) is 32.4 Å². The summed E-state index contributed by atoms with van der Waals surface area (Å²) < 4.78 is 13.7. The quantitative estimate of drug-likeness (QED) is 0.486. The van der Waals surface area contributed by atoms with Gasteiger partial charge in [0.25, 0.3) is 5.91 Å². The van der Waals surface area contributed by atoms with Crippen LogP contribution in [0.1, 0.15) is 48.6 Å². The molecule has 0 bridgehead atoms. The number of benzene rings is 2. The third-order valence-electron chi connectivity index (χ3n) is 5.72. The molecule has 1 aromatic heterocycles. The number of aromatic nitrogens is 2. The first kappa shape index (κ1) is 19.5. The van der Waals surface area contributed by atoms with E-state index in [0.29, 0.717) is 32.6 Å². The van der Waals surface area contributed by atoms with Crippen LogP contribution in [0.2, 0.25) is 5.02 Å². The van der Waals surface area contributed by atoms with Crippen LogP contribution < -0.4 is 14.4 Å². The van der Waals surface area contributed by atoms with Gasteiger partial charge in [-0.15, -0.1) is 0 Å². The molecular weight excluding hydrogens is 470 g/mol. The lowest BCUT2D eigenvalue weighted by atomic mass is 9.88. The lowest BCUT2D eigenvalue weighted by Crippen LogP contribution is -2.44. The van der Waals surface area contributed by atoms with Crippen LogP contribution in [0, 0.1) is 0 Å². The molecule has 154 valence electrons. The minimum atomic E-state index is -0.798. The van der Waals surface area contributed by atoms with Crippen molar-refractivity contribution in [3.8, 4) is 11.5 Å². The Balaban J connectivity index is 1.78. The summed E-state index contributed by atoms with van der Waals surface area (Å²) >= 11 is 9.71. The van der Waals surface area contributed by atoms with Gasteiger partial charge in [-0.1, -0.05) is 23.7 Å². The summed E-state index contributed by atoms with van der Waals surface area (Å²) in [5.41, 5.74) is 2.13. The summed E-state index contributed by atoms with van der Waals surface area (Å²) in [6, 6.07) is 13.2. The molecule has 2 aliphatic heterocycles. The number of carbonyl (C=O) groups is 1. The summed E-state index contributed by atoms with van der Waals surface area (Å²) in [4.78, 5) is 20.0. The maximum absolute atomic E-state index is 13.7. The summed E-state index contributed by atoms with van der Waals surface area (Å²) in [7, 11) is 0. The Morgan fingerprint density at radius 2 is 1.83 bits per heavy atom. The van der Waals surface area contributed by atoms with Gasteiger partial charge in [-0.05, 0) is 66.5 Å². The molecule has 3 heterocycles. The van der Waals surface area contributed by atoms with Crippen molar-refractivity contribution in [1.29, 1.82) is 0 Å². The molecule has 5 rings (SSSR count). The van der Waals surface area contributed by atoms with E-state index >= 15 is 0 Å². The highest BCUT2D eigenvalue weighted by atomic mass is 79.9. The number of rotatable bonds is 3. The van der Waals surface area contributed by atoms with Crippen LogP contribution in [0.15, 0.2) is 47.2 Å². The van der Waals surface area contributed by atoms with Gasteiger partial charge in [0.1, 0.15) is 5.54 Å². The highest BCUT2D eigenvalue weighted by Crippen LogP contribution is 2.49. The third-order valence-corrected chi connectivity index (χ3v) is 6.53. The van der Waals surface area contributed by atoms with Gasteiger partial charge in [0.05, 0.1) is 5.69 Å². The van der Waals surface area contributed by atoms with Gasteiger partial charge >= 0.3 is 0 Å². The van der Waals surface area contributed by atoms with E-state index in [1.54, 1.807) is 4.90 Å². The lowest BCUT2D eigenvalue weighted by molar-refractivity contribution is 0.0980. The minimum absolute atomic E-state index is 0.103. The van der Waals surface area contributed by atoms with E-state index in [1.165, 1.54) is 0 Å². The average Bonchev–Trinajstić information content (AvgIpc) is 3.36. The topological polar surface area (TPSA) is 56.6 Å². The van der Waals surface area contributed by atoms with E-state index < -0.39 is 5.54 Å². The Morgan fingerprint density at radius 3 is 2.53 bits per heavy atom. The zero-order chi connectivity index (χ0) is 21.2. The monoisotopic (exact) mass is 487 g/mol. The number of nitrogens with zero attached hydrogens (tertiary/aromatic N) is 3. The van der Waals surface area contributed by atoms with E-state index in [9.17, 15) is 4.79 Å². The molecule has 0 spiro atoms. The SMILES string of the molecule is CC(C)n1c(Br)nc2c1C(C)(c1ccc(Cl)cc1)N(c1ccc3c(c1)OCO3)C2=O. The zero-order valence-corrected chi connectivity index (χ0v) is 19.0. The summed E-state index contributed by atoms with van der Waals surface area (Å²) in [5, 5.41) is 0.639. The molecule has 0 saturated heterocycles. The Bertz CT molecular complexity index is 1180. The average molecular weight is 489 g/mol. The number of hydrogen-bond acceptors (Lipinski definition) is 4. The predicted octanol–water partition coefficient (Wildman–Crippen LogP) is 5.53. The van der Waals surface area contributed by atoms with Crippen LogP contribution in [0.3, 0.4) is 0 Å². The molecular formula is C22H19BrClN3O3. The fourth-order valence-electron chi connectivity index (χ4n) is 4.35. The summed E-state index contributed by atoms with van der Waals surface area (Å²) in [6.45, 7) is 6.36. The molecule has 8 heteroatoms. The van der Waals surface area contributed by atoms with E-state index in [0.717, 1.165) is 11.3 Å². The fourth-order valence-corrected chi connectivity index (χ4v) is 5.24. The first-order valence-corrected chi connectivity index (χ1v) is 10.8. The lowest BCUT2D eigenvalue weighted by Gasteiger charge is -2.37. The van der Waals surface area contributed by atoms with Gasteiger partial charge < -0.3 is 14.0 Å². The van der Waals surface area contributed by atoms with Gasteiger partial charge in [0.2, 0.25) is 6.79 Å². The first-order valence-electron chi connectivity index (χ1n) is 9.61. The minimum Gasteiger partial charge on any atom is -0.454 e. The molecule has 0 aliphatic carbocycles. The van der Waals surface area contributed by atoms with E-state index in [-0.39, 0.29) is 18.7 Å².